The van der Waals surface area contributed by atoms with Crippen molar-refractivity contribution in [3.63, 3.8) is 0 Å². The second kappa shape index (κ2) is 4.60. The van der Waals surface area contributed by atoms with Crippen molar-refractivity contribution in [1.29, 1.82) is 0 Å². The number of rotatable bonds is 3. The van der Waals surface area contributed by atoms with Crippen LogP contribution in [0, 0.1) is 11.8 Å². The molecule has 0 aromatic carbocycles. The predicted molar refractivity (Wildman–Crippen MR) is 75.2 cm³/mol. The SMILES string of the molecule is c1cncc(-c2nc(O[C@H]3CC4CCC3C4)cs2)c1. The Morgan fingerprint density at radius 2 is 2.26 bits per heavy atom. The molecule has 2 saturated carbocycles. The molecule has 2 aromatic rings. The van der Waals surface area contributed by atoms with Crippen LogP contribution in [0.1, 0.15) is 25.7 Å². The number of nitrogens with zero attached hydrogens (tertiary/aromatic N) is 2. The fourth-order valence-corrected chi connectivity index (χ4v) is 4.14. The number of aromatic nitrogens is 2. The summed E-state index contributed by atoms with van der Waals surface area (Å²) < 4.78 is 6.09. The second-order valence-electron chi connectivity index (χ2n) is 5.56. The van der Waals surface area contributed by atoms with Crippen molar-refractivity contribution >= 4 is 11.3 Å². The summed E-state index contributed by atoms with van der Waals surface area (Å²) in [5.74, 6) is 2.47. The Morgan fingerprint density at radius 1 is 1.26 bits per heavy atom. The molecule has 2 fully saturated rings. The van der Waals surface area contributed by atoms with Gasteiger partial charge in [0, 0.05) is 18.0 Å². The summed E-state index contributed by atoms with van der Waals surface area (Å²) in [6.45, 7) is 0. The van der Waals surface area contributed by atoms with Crippen LogP contribution >= 0.6 is 11.3 Å². The van der Waals surface area contributed by atoms with Gasteiger partial charge >= 0.3 is 0 Å². The summed E-state index contributed by atoms with van der Waals surface area (Å²) in [6.07, 6.45) is 9.37. The highest BCUT2D eigenvalue weighted by molar-refractivity contribution is 7.13. The molecule has 0 N–H and O–H groups in total. The Kier molecular flexibility index (Phi) is 2.76. The molecule has 2 aliphatic carbocycles. The highest BCUT2D eigenvalue weighted by Crippen LogP contribution is 2.46. The fraction of sp³-hybridized carbons (Fsp3) is 0.467. The van der Waals surface area contributed by atoms with Gasteiger partial charge in [-0.05, 0) is 49.7 Å². The second-order valence-corrected chi connectivity index (χ2v) is 6.42. The van der Waals surface area contributed by atoms with Gasteiger partial charge in [-0.1, -0.05) is 0 Å². The zero-order chi connectivity index (χ0) is 12.7. The lowest BCUT2D eigenvalue weighted by Crippen LogP contribution is -2.23. The van der Waals surface area contributed by atoms with Crippen LogP contribution in [0.2, 0.25) is 0 Å². The molecule has 98 valence electrons. The summed E-state index contributed by atoms with van der Waals surface area (Å²) in [5.41, 5.74) is 1.07. The van der Waals surface area contributed by atoms with Crippen LogP contribution < -0.4 is 4.74 Å². The smallest absolute Gasteiger partial charge is 0.225 e. The molecule has 2 bridgehead atoms. The van der Waals surface area contributed by atoms with E-state index in [9.17, 15) is 0 Å². The monoisotopic (exact) mass is 272 g/mol. The van der Waals surface area contributed by atoms with E-state index < -0.39 is 0 Å². The lowest BCUT2D eigenvalue weighted by Gasteiger charge is -2.21. The van der Waals surface area contributed by atoms with E-state index in [1.165, 1.54) is 25.7 Å². The van der Waals surface area contributed by atoms with Crippen molar-refractivity contribution < 1.29 is 4.74 Å². The van der Waals surface area contributed by atoms with E-state index in [1.807, 2.05) is 23.7 Å². The summed E-state index contributed by atoms with van der Waals surface area (Å²) in [4.78, 5) is 8.71. The maximum atomic E-state index is 6.09. The molecule has 19 heavy (non-hydrogen) atoms. The third kappa shape index (κ3) is 2.14. The molecule has 4 rings (SSSR count). The average molecular weight is 272 g/mol. The summed E-state index contributed by atoms with van der Waals surface area (Å²) in [6, 6.07) is 3.97. The molecule has 0 amide bonds. The maximum absolute atomic E-state index is 6.09. The lowest BCUT2D eigenvalue weighted by molar-refractivity contribution is 0.133. The molecule has 0 aliphatic heterocycles. The van der Waals surface area contributed by atoms with Crippen molar-refractivity contribution in [2.75, 3.05) is 0 Å². The predicted octanol–water partition coefficient (Wildman–Crippen LogP) is 3.77. The Balaban J connectivity index is 1.50. The number of hydrogen-bond acceptors (Lipinski definition) is 4. The zero-order valence-electron chi connectivity index (χ0n) is 10.7. The van der Waals surface area contributed by atoms with Crippen molar-refractivity contribution in [2.45, 2.75) is 31.8 Å². The van der Waals surface area contributed by atoms with Gasteiger partial charge in [0.2, 0.25) is 5.88 Å². The van der Waals surface area contributed by atoms with E-state index in [2.05, 4.69) is 9.97 Å². The molecule has 2 aliphatic rings. The van der Waals surface area contributed by atoms with Crippen molar-refractivity contribution in [3.05, 3.63) is 29.9 Å². The fourth-order valence-electron chi connectivity index (χ4n) is 3.42. The van der Waals surface area contributed by atoms with Gasteiger partial charge in [-0.15, -0.1) is 11.3 Å². The van der Waals surface area contributed by atoms with Gasteiger partial charge in [-0.25, -0.2) is 4.98 Å². The van der Waals surface area contributed by atoms with Crippen molar-refractivity contribution in [3.8, 4) is 16.5 Å². The zero-order valence-corrected chi connectivity index (χ0v) is 11.5. The molecule has 3 atom stereocenters. The Morgan fingerprint density at radius 3 is 3.00 bits per heavy atom. The molecule has 2 aromatic heterocycles. The van der Waals surface area contributed by atoms with E-state index in [4.69, 9.17) is 4.74 Å². The Hall–Kier alpha value is -1.42. The Bertz CT molecular complexity index is 569. The van der Waals surface area contributed by atoms with Gasteiger partial charge in [0.1, 0.15) is 11.1 Å². The van der Waals surface area contributed by atoms with Crippen molar-refractivity contribution in [2.24, 2.45) is 11.8 Å². The highest BCUT2D eigenvalue weighted by Gasteiger charge is 2.41. The first-order valence-corrected chi connectivity index (χ1v) is 7.79. The topological polar surface area (TPSA) is 35.0 Å². The van der Waals surface area contributed by atoms with Crippen LogP contribution in [0.4, 0.5) is 0 Å². The standard InChI is InChI=1S/C15H16N2OS/c1-2-12(8-16-5-1)15-17-14(9-19-15)18-13-7-10-3-4-11(13)6-10/h1-2,5,8-11,13H,3-4,6-7H2/t10?,11?,13-/m0/s1. The number of pyridine rings is 1. The number of ether oxygens (including phenoxy) is 1. The minimum absolute atomic E-state index is 0.405. The Labute approximate surface area is 116 Å². The van der Waals surface area contributed by atoms with Gasteiger partial charge in [0.05, 0.1) is 5.38 Å². The van der Waals surface area contributed by atoms with E-state index in [0.29, 0.717) is 6.10 Å². The first-order chi connectivity index (χ1) is 9.38. The summed E-state index contributed by atoms with van der Waals surface area (Å²) >= 11 is 1.63. The van der Waals surface area contributed by atoms with Gasteiger partial charge in [0.25, 0.3) is 0 Å². The highest BCUT2D eigenvalue weighted by atomic mass is 32.1. The van der Waals surface area contributed by atoms with Crippen LogP contribution in [-0.4, -0.2) is 16.1 Å². The first kappa shape index (κ1) is 11.4. The van der Waals surface area contributed by atoms with E-state index in [-0.39, 0.29) is 0 Å². The minimum Gasteiger partial charge on any atom is -0.473 e. The molecule has 3 nitrogen and oxygen atoms in total. The molecule has 0 radical (unpaired) electrons. The number of thiazole rings is 1. The number of fused-ring (bicyclic) bond motifs is 2. The summed E-state index contributed by atoms with van der Waals surface area (Å²) in [7, 11) is 0. The largest absolute Gasteiger partial charge is 0.473 e. The molecule has 4 heteroatoms. The van der Waals surface area contributed by atoms with Gasteiger partial charge in [-0.3, -0.25) is 4.98 Å². The molecule has 0 spiro atoms. The average Bonchev–Trinajstić information content (AvgIpc) is 3.16. The molecular formula is C15H16N2OS. The van der Waals surface area contributed by atoms with E-state index in [0.717, 1.165) is 28.3 Å². The normalized spacial score (nSPS) is 28.7. The summed E-state index contributed by atoms with van der Waals surface area (Å²) in [5, 5.41) is 3.01. The minimum atomic E-state index is 0.405. The van der Waals surface area contributed by atoms with Crippen LogP contribution in [0.5, 0.6) is 5.88 Å². The van der Waals surface area contributed by atoms with Crippen LogP contribution in [0.3, 0.4) is 0 Å². The molecular weight excluding hydrogens is 256 g/mol. The number of hydrogen-bond donors (Lipinski definition) is 0. The third-order valence-electron chi connectivity index (χ3n) is 4.34. The quantitative estimate of drug-likeness (QED) is 0.853. The van der Waals surface area contributed by atoms with Gasteiger partial charge < -0.3 is 4.74 Å². The third-order valence-corrected chi connectivity index (χ3v) is 5.21. The van der Waals surface area contributed by atoms with Crippen LogP contribution in [-0.2, 0) is 0 Å². The molecule has 2 heterocycles. The molecule has 2 unspecified atom stereocenters. The van der Waals surface area contributed by atoms with Crippen molar-refractivity contribution in [1.82, 2.24) is 9.97 Å². The van der Waals surface area contributed by atoms with E-state index >= 15 is 0 Å². The van der Waals surface area contributed by atoms with Crippen LogP contribution in [0.15, 0.2) is 29.9 Å². The lowest BCUT2D eigenvalue weighted by atomic mass is 9.98. The maximum Gasteiger partial charge on any atom is 0.225 e. The first-order valence-electron chi connectivity index (χ1n) is 6.91. The van der Waals surface area contributed by atoms with Crippen LogP contribution in [0.25, 0.3) is 10.6 Å². The molecule has 0 saturated heterocycles. The van der Waals surface area contributed by atoms with Gasteiger partial charge in [0.15, 0.2) is 0 Å². The van der Waals surface area contributed by atoms with Gasteiger partial charge in [-0.2, -0.15) is 0 Å². The van der Waals surface area contributed by atoms with E-state index in [1.54, 1.807) is 17.5 Å².